The van der Waals surface area contributed by atoms with Crippen LogP contribution in [-0.2, 0) is 28.7 Å². The Morgan fingerprint density at radius 3 is 2.20 bits per heavy atom. The van der Waals surface area contributed by atoms with Gasteiger partial charge in [0.2, 0.25) is 5.91 Å². The van der Waals surface area contributed by atoms with E-state index in [1.54, 1.807) is 20.8 Å². The van der Waals surface area contributed by atoms with Gasteiger partial charge in [-0.25, -0.2) is 0 Å². The zero-order valence-corrected chi connectivity index (χ0v) is 14.9. The van der Waals surface area contributed by atoms with Crippen molar-refractivity contribution in [2.45, 2.75) is 46.5 Å². The van der Waals surface area contributed by atoms with Crippen molar-refractivity contribution >= 4 is 23.6 Å². The van der Waals surface area contributed by atoms with E-state index >= 15 is 0 Å². The van der Waals surface area contributed by atoms with Crippen molar-refractivity contribution in [3.63, 3.8) is 0 Å². The van der Waals surface area contributed by atoms with Gasteiger partial charge in [0.05, 0.1) is 18.6 Å². The van der Waals surface area contributed by atoms with Crippen molar-refractivity contribution in [2.24, 2.45) is 22.5 Å². The Morgan fingerprint density at radius 2 is 1.72 bits per heavy atom. The monoisotopic (exact) mass is 351 g/mol. The maximum atomic E-state index is 12.9. The number of allylic oxidation sites excluding steroid dienone is 1. The molecule has 1 amide bonds. The molecule has 2 atom stereocenters. The molecule has 2 aliphatic carbocycles. The van der Waals surface area contributed by atoms with E-state index in [-0.39, 0.29) is 31.8 Å². The number of rotatable bonds is 5. The van der Waals surface area contributed by atoms with E-state index < -0.39 is 34.6 Å². The maximum absolute atomic E-state index is 12.9. The summed E-state index contributed by atoms with van der Waals surface area (Å²) in [4.78, 5) is 50.4. The van der Waals surface area contributed by atoms with Gasteiger partial charge in [0.25, 0.3) is 0 Å². The molecule has 0 spiro atoms. The third-order valence-corrected chi connectivity index (χ3v) is 5.54. The molecular formula is C18H25NO6. The number of ether oxygens (including phenoxy) is 2. The van der Waals surface area contributed by atoms with Gasteiger partial charge in [-0.1, -0.05) is 12.0 Å². The molecule has 0 aromatic heterocycles. The van der Waals surface area contributed by atoms with Crippen LogP contribution in [0.1, 0.15) is 46.5 Å². The number of hydrogen-bond donors (Lipinski definition) is 1. The molecular weight excluding hydrogens is 326 g/mol. The van der Waals surface area contributed by atoms with Crippen LogP contribution in [-0.4, -0.2) is 36.8 Å². The second-order valence-corrected chi connectivity index (χ2v) is 6.65. The fourth-order valence-corrected chi connectivity index (χ4v) is 4.45. The number of primary amides is 1. The van der Waals surface area contributed by atoms with E-state index in [0.29, 0.717) is 18.4 Å². The molecule has 0 heterocycles. The number of carbonyl (C=O) groups is 4. The minimum atomic E-state index is -1.69. The molecule has 0 aliphatic heterocycles. The second kappa shape index (κ2) is 6.98. The number of hydrogen-bond acceptors (Lipinski definition) is 6. The fraction of sp³-hybridized carbons (Fsp3) is 0.667. The van der Waals surface area contributed by atoms with Gasteiger partial charge in [0, 0.05) is 12.3 Å². The lowest BCUT2D eigenvalue weighted by molar-refractivity contribution is -0.186. The van der Waals surface area contributed by atoms with Gasteiger partial charge in [0.15, 0.2) is 11.2 Å². The summed E-state index contributed by atoms with van der Waals surface area (Å²) in [6.07, 6.45) is 2.27. The molecule has 0 saturated heterocycles. The lowest BCUT2D eigenvalue weighted by atomic mass is 9.49. The van der Waals surface area contributed by atoms with Gasteiger partial charge in [-0.05, 0) is 39.7 Å². The van der Waals surface area contributed by atoms with Gasteiger partial charge in [0.1, 0.15) is 0 Å². The summed E-state index contributed by atoms with van der Waals surface area (Å²) >= 11 is 0. The first kappa shape index (κ1) is 19.1. The molecule has 0 unspecified atom stereocenters. The van der Waals surface area contributed by atoms with Crippen molar-refractivity contribution < 1.29 is 28.7 Å². The highest BCUT2D eigenvalue weighted by Crippen LogP contribution is 2.59. The highest BCUT2D eigenvalue weighted by Gasteiger charge is 2.67. The van der Waals surface area contributed by atoms with Gasteiger partial charge in [-0.15, -0.1) is 0 Å². The highest BCUT2D eigenvalue weighted by atomic mass is 16.6. The molecule has 0 aromatic rings. The van der Waals surface area contributed by atoms with Crippen LogP contribution in [0.2, 0.25) is 0 Å². The summed E-state index contributed by atoms with van der Waals surface area (Å²) < 4.78 is 10.3. The van der Waals surface area contributed by atoms with E-state index in [1.807, 2.05) is 0 Å². The summed E-state index contributed by atoms with van der Waals surface area (Å²) in [7, 11) is 0. The van der Waals surface area contributed by atoms with Crippen molar-refractivity contribution in [2.75, 3.05) is 13.2 Å². The van der Waals surface area contributed by atoms with E-state index in [4.69, 9.17) is 15.2 Å². The third kappa shape index (κ3) is 2.75. The predicted molar refractivity (Wildman–Crippen MR) is 88.0 cm³/mol. The van der Waals surface area contributed by atoms with Crippen LogP contribution < -0.4 is 5.73 Å². The standard InChI is InChI=1S/C18H25NO6/c1-4-24-15(22)18(16(23)25-5-2)8-6-7-17(14(19)21)11(3)9-12(20)10-13(17)18/h9,13H,4-8,10H2,1-3H3,(H2,19,21)/t13-,17+/m1/s1. The number of nitrogens with two attached hydrogens (primary N) is 1. The van der Waals surface area contributed by atoms with E-state index in [0.717, 1.165) is 0 Å². The minimum absolute atomic E-state index is 0.0824. The molecule has 2 aliphatic rings. The summed E-state index contributed by atoms with van der Waals surface area (Å²) in [5.41, 5.74) is 3.31. The molecule has 2 rings (SSSR count). The fourth-order valence-electron chi connectivity index (χ4n) is 4.45. The van der Waals surface area contributed by atoms with E-state index in [1.165, 1.54) is 6.08 Å². The zero-order chi connectivity index (χ0) is 18.8. The van der Waals surface area contributed by atoms with Crippen molar-refractivity contribution in [3.05, 3.63) is 11.6 Å². The molecule has 1 saturated carbocycles. The van der Waals surface area contributed by atoms with Gasteiger partial charge < -0.3 is 15.2 Å². The van der Waals surface area contributed by atoms with Crippen LogP contribution >= 0.6 is 0 Å². The minimum Gasteiger partial charge on any atom is -0.465 e. The molecule has 7 nitrogen and oxygen atoms in total. The highest BCUT2D eigenvalue weighted by molar-refractivity contribution is 6.05. The largest absolute Gasteiger partial charge is 0.465 e. The first-order valence-corrected chi connectivity index (χ1v) is 8.63. The Hall–Kier alpha value is -2.18. The number of esters is 2. The molecule has 1 fully saturated rings. The normalized spacial score (nSPS) is 27.7. The Labute approximate surface area is 146 Å². The molecule has 138 valence electrons. The number of amides is 1. The Bertz CT molecular complexity index is 619. The van der Waals surface area contributed by atoms with Crippen LogP contribution in [0.4, 0.5) is 0 Å². The second-order valence-electron chi connectivity index (χ2n) is 6.65. The number of carbonyl (C=O) groups excluding carboxylic acids is 4. The van der Waals surface area contributed by atoms with E-state index in [9.17, 15) is 19.2 Å². The third-order valence-electron chi connectivity index (χ3n) is 5.54. The van der Waals surface area contributed by atoms with Crippen LogP contribution in [0.25, 0.3) is 0 Å². The molecule has 2 N–H and O–H groups in total. The van der Waals surface area contributed by atoms with Crippen LogP contribution in [0.3, 0.4) is 0 Å². The topological polar surface area (TPSA) is 113 Å². The van der Waals surface area contributed by atoms with Crippen LogP contribution in [0.5, 0.6) is 0 Å². The van der Waals surface area contributed by atoms with E-state index in [2.05, 4.69) is 0 Å². The summed E-state index contributed by atoms with van der Waals surface area (Å²) in [5.74, 6) is -3.24. The lowest BCUT2D eigenvalue weighted by Crippen LogP contribution is -2.61. The molecule has 0 radical (unpaired) electrons. The Kier molecular flexibility index (Phi) is 5.34. The molecule has 7 heteroatoms. The van der Waals surface area contributed by atoms with Gasteiger partial charge >= 0.3 is 11.9 Å². The quantitative estimate of drug-likeness (QED) is 0.590. The molecule has 25 heavy (non-hydrogen) atoms. The predicted octanol–water partition coefficient (Wildman–Crippen LogP) is 1.29. The average Bonchev–Trinajstić information content (AvgIpc) is 2.54. The summed E-state index contributed by atoms with van der Waals surface area (Å²) in [6.45, 7) is 5.09. The summed E-state index contributed by atoms with van der Waals surface area (Å²) in [6, 6.07) is 0. The van der Waals surface area contributed by atoms with Crippen LogP contribution in [0, 0.1) is 16.7 Å². The first-order valence-electron chi connectivity index (χ1n) is 8.63. The maximum Gasteiger partial charge on any atom is 0.323 e. The first-order chi connectivity index (χ1) is 11.8. The Balaban J connectivity index is 2.69. The number of fused-ring (bicyclic) bond motifs is 1. The lowest BCUT2D eigenvalue weighted by Gasteiger charge is -2.52. The summed E-state index contributed by atoms with van der Waals surface area (Å²) in [5, 5.41) is 0. The van der Waals surface area contributed by atoms with Crippen molar-refractivity contribution in [1.82, 2.24) is 0 Å². The number of ketones is 1. The van der Waals surface area contributed by atoms with Crippen LogP contribution in [0.15, 0.2) is 11.6 Å². The average molecular weight is 351 g/mol. The van der Waals surface area contributed by atoms with Crippen molar-refractivity contribution in [3.8, 4) is 0 Å². The van der Waals surface area contributed by atoms with Crippen molar-refractivity contribution in [1.29, 1.82) is 0 Å². The smallest absolute Gasteiger partial charge is 0.323 e. The molecule has 0 aromatic carbocycles. The zero-order valence-electron chi connectivity index (χ0n) is 14.9. The Morgan fingerprint density at radius 1 is 1.16 bits per heavy atom. The SMILES string of the molecule is CCOC(=O)C1(C(=O)OCC)CCC[C@]2(C(N)=O)C(C)=CC(=O)C[C@@H]12. The van der Waals surface area contributed by atoms with Gasteiger partial charge in [-0.2, -0.15) is 0 Å². The molecule has 0 bridgehead atoms. The van der Waals surface area contributed by atoms with Gasteiger partial charge in [-0.3, -0.25) is 19.2 Å².